The van der Waals surface area contributed by atoms with Crippen LogP contribution in [0.15, 0.2) is 251 Å². The lowest BCUT2D eigenvalue weighted by Gasteiger charge is -2.23. The summed E-state index contributed by atoms with van der Waals surface area (Å²) in [5.74, 6) is 0. The van der Waals surface area contributed by atoms with Gasteiger partial charge in [-0.05, 0) is 164 Å². The molecule has 0 bridgehead atoms. The largest absolute Gasteiger partial charge is 0.456 e. The summed E-state index contributed by atoms with van der Waals surface area (Å²) in [5.41, 5.74) is 24.9. The monoisotopic (exact) mass is 922 g/mol. The molecule has 11 aromatic rings. The topological polar surface area (TPSA) is 30.4 Å². The van der Waals surface area contributed by atoms with Crippen LogP contribution in [0.1, 0.15) is 60.9 Å². The Morgan fingerprint density at radius 2 is 1.08 bits per heavy atom. The number of hydrogen-bond acceptors (Lipinski definition) is 2. The van der Waals surface area contributed by atoms with Crippen LogP contribution in [0.3, 0.4) is 0 Å². The lowest BCUT2D eigenvalue weighted by Crippen LogP contribution is -2.15. The van der Waals surface area contributed by atoms with Crippen molar-refractivity contribution in [1.82, 2.24) is 4.57 Å². The van der Waals surface area contributed by atoms with Gasteiger partial charge in [-0.2, -0.15) is 0 Å². The molecular formula is C69H50N2O. The fraction of sp³-hybridized carbons (Fsp3) is 0.0870. The van der Waals surface area contributed by atoms with Gasteiger partial charge in [-0.3, -0.25) is 0 Å². The second kappa shape index (κ2) is 16.7. The van der Waals surface area contributed by atoms with Crippen LogP contribution >= 0.6 is 0 Å². The maximum absolute atomic E-state index is 6.51. The molecule has 2 aliphatic carbocycles. The number of para-hydroxylation sites is 2. The third-order valence-electron chi connectivity index (χ3n) is 15.6. The highest BCUT2D eigenvalue weighted by Gasteiger charge is 2.37. The average molecular weight is 923 g/mol. The fourth-order valence-corrected chi connectivity index (χ4v) is 11.9. The van der Waals surface area contributed by atoms with Gasteiger partial charge in [0.1, 0.15) is 11.2 Å². The highest BCUT2D eigenvalue weighted by Crippen LogP contribution is 2.53. The summed E-state index contributed by atoms with van der Waals surface area (Å²) in [6.07, 6.45) is 12.2. The van der Waals surface area contributed by atoms with E-state index in [1.54, 1.807) is 0 Å². The Labute approximate surface area is 419 Å². The van der Waals surface area contributed by atoms with Crippen LogP contribution in [0, 0.1) is 0 Å². The first kappa shape index (κ1) is 42.1. The van der Waals surface area contributed by atoms with Crippen molar-refractivity contribution < 1.29 is 4.42 Å². The molecule has 3 heterocycles. The third kappa shape index (κ3) is 6.91. The van der Waals surface area contributed by atoms with Crippen LogP contribution in [0.4, 0.5) is 0 Å². The van der Waals surface area contributed by atoms with E-state index in [2.05, 4.69) is 249 Å². The molecule has 0 atom stereocenters. The van der Waals surface area contributed by atoms with Crippen molar-refractivity contribution in [3.63, 3.8) is 0 Å². The Hall–Kier alpha value is -8.79. The van der Waals surface area contributed by atoms with Crippen molar-refractivity contribution in [2.24, 2.45) is 4.99 Å². The van der Waals surface area contributed by atoms with Crippen LogP contribution in [-0.4, -0.2) is 10.3 Å². The first-order chi connectivity index (χ1) is 35.4. The molecule has 3 aliphatic rings. The van der Waals surface area contributed by atoms with Gasteiger partial charge in [0.15, 0.2) is 0 Å². The second-order valence-corrected chi connectivity index (χ2v) is 20.1. The van der Waals surface area contributed by atoms with Gasteiger partial charge in [0.25, 0.3) is 0 Å². The molecule has 3 heteroatoms. The van der Waals surface area contributed by atoms with Crippen molar-refractivity contribution in [3.05, 3.63) is 270 Å². The predicted molar refractivity (Wildman–Crippen MR) is 302 cm³/mol. The molecule has 2 aromatic heterocycles. The van der Waals surface area contributed by atoms with Crippen LogP contribution in [-0.2, 0) is 5.41 Å². The number of allylic oxidation sites excluding steroid dienone is 6. The van der Waals surface area contributed by atoms with E-state index >= 15 is 0 Å². The Morgan fingerprint density at radius 1 is 0.458 bits per heavy atom. The minimum absolute atomic E-state index is 0.182. The molecule has 0 saturated carbocycles. The average Bonchev–Trinajstić information content (AvgIpc) is 3.97. The predicted octanol–water partition coefficient (Wildman–Crippen LogP) is 18.3. The smallest absolute Gasteiger partial charge is 0.135 e. The van der Waals surface area contributed by atoms with E-state index in [0.29, 0.717) is 0 Å². The second-order valence-electron chi connectivity index (χ2n) is 20.1. The van der Waals surface area contributed by atoms with Crippen molar-refractivity contribution in [3.8, 4) is 39.1 Å². The summed E-state index contributed by atoms with van der Waals surface area (Å²) in [6.45, 7) is 4.79. The quantitative estimate of drug-likeness (QED) is 0.157. The molecule has 0 fully saturated rings. The zero-order valence-corrected chi connectivity index (χ0v) is 40.4. The summed E-state index contributed by atoms with van der Waals surface area (Å²) in [6, 6.07) is 75.0. The molecule has 3 nitrogen and oxygen atoms in total. The number of hydrogen-bond donors (Lipinski definition) is 0. The van der Waals surface area contributed by atoms with Crippen molar-refractivity contribution in [2.45, 2.75) is 38.5 Å². The Kier molecular flexibility index (Phi) is 9.76. The molecule has 0 saturated heterocycles. The first-order valence-corrected chi connectivity index (χ1v) is 25.3. The Balaban J connectivity index is 0.807. The van der Waals surface area contributed by atoms with Gasteiger partial charge >= 0.3 is 0 Å². The number of aliphatic imine (C=N–C) groups is 1. The molecular weight excluding hydrogens is 873 g/mol. The molecule has 0 amide bonds. The van der Waals surface area contributed by atoms with Gasteiger partial charge in [0.05, 0.1) is 22.4 Å². The van der Waals surface area contributed by atoms with E-state index in [4.69, 9.17) is 9.41 Å². The van der Waals surface area contributed by atoms with Crippen LogP contribution in [0.5, 0.6) is 0 Å². The summed E-state index contributed by atoms with van der Waals surface area (Å²) < 4.78 is 8.88. The number of furan rings is 1. The van der Waals surface area contributed by atoms with Gasteiger partial charge in [0, 0.05) is 38.2 Å². The van der Waals surface area contributed by atoms with Crippen molar-refractivity contribution in [1.29, 1.82) is 0 Å². The standard InChI is InChI=1S/C69H50N2O/c1-69(2)60-26-15-25-54(51-20-14-21-52(38-51)62-34-29-50(44-16-6-3-7-17-44)43-63(70-62)45-18-8-4-9-19-45)68(60)56-33-28-49(42-61(56)69)48-32-37-67-59(41-48)58-40-47(31-36-66(58)72-67)46-30-35-65-57(39-46)55-24-12-13-27-64(55)71(65)53-22-10-5-11-23-53/h3-13,15-19,21-28,30-43H,14,20,29H2,1-2H3. The number of benzene rings is 9. The summed E-state index contributed by atoms with van der Waals surface area (Å²) in [5, 5.41) is 4.74. The van der Waals surface area contributed by atoms with Crippen LogP contribution in [0.2, 0.25) is 0 Å². The van der Waals surface area contributed by atoms with Gasteiger partial charge in [0.2, 0.25) is 0 Å². The van der Waals surface area contributed by atoms with E-state index in [1.165, 1.54) is 94.2 Å². The molecule has 72 heavy (non-hydrogen) atoms. The maximum atomic E-state index is 6.51. The molecule has 0 radical (unpaired) electrons. The minimum atomic E-state index is -0.182. The van der Waals surface area contributed by atoms with Gasteiger partial charge in [-0.1, -0.05) is 172 Å². The van der Waals surface area contributed by atoms with Gasteiger partial charge in [-0.15, -0.1) is 0 Å². The summed E-state index contributed by atoms with van der Waals surface area (Å²) in [4.78, 5) is 5.40. The van der Waals surface area contributed by atoms with Crippen molar-refractivity contribution in [2.75, 3.05) is 0 Å². The number of nitrogens with zero attached hydrogens (tertiary/aromatic N) is 2. The zero-order valence-electron chi connectivity index (χ0n) is 40.4. The normalized spacial score (nSPS) is 15.2. The SMILES string of the molecule is CC1(C)c2cc(-c3ccc4oc5ccc(-c6ccc7c(c6)c6ccccc6n7-c6ccccc6)cc5c4c3)ccc2-c2c(C3=CC(C4=CCC(c5ccccc5)=CC(c5ccccc5)=N4)=CCC3)cccc21. The number of rotatable bonds is 7. The Morgan fingerprint density at radius 3 is 1.83 bits per heavy atom. The van der Waals surface area contributed by atoms with E-state index in [-0.39, 0.29) is 5.41 Å². The van der Waals surface area contributed by atoms with Gasteiger partial charge < -0.3 is 8.98 Å². The van der Waals surface area contributed by atoms with Crippen molar-refractivity contribution >= 4 is 60.6 Å². The molecule has 0 N–H and O–H groups in total. The molecule has 0 unspecified atom stereocenters. The van der Waals surface area contributed by atoms with Crippen LogP contribution < -0.4 is 0 Å². The van der Waals surface area contributed by atoms with Crippen LogP contribution in [0.25, 0.3) is 94.0 Å². The van der Waals surface area contributed by atoms with E-state index in [0.717, 1.165) is 63.9 Å². The minimum Gasteiger partial charge on any atom is -0.456 e. The molecule has 342 valence electrons. The Bertz CT molecular complexity index is 4170. The molecule has 9 aromatic carbocycles. The summed E-state index contributed by atoms with van der Waals surface area (Å²) in [7, 11) is 0. The maximum Gasteiger partial charge on any atom is 0.135 e. The van der Waals surface area contributed by atoms with E-state index in [9.17, 15) is 0 Å². The van der Waals surface area contributed by atoms with E-state index < -0.39 is 0 Å². The molecule has 0 spiro atoms. The lowest BCUT2D eigenvalue weighted by molar-refractivity contribution is 0.660. The highest BCUT2D eigenvalue weighted by atomic mass is 16.3. The van der Waals surface area contributed by atoms with Gasteiger partial charge in [-0.25, -0.2) is 4.99 Å². The zero-order chi connectivity index (χ0) is 47.9. The van der Waals surface area contributed by atoms with E-state index in [1.807, 2.05) is 0 Å². The summed E-state index contributed by atoms with van der Waals surface area (Å²) >= 11 is 0. The third-order valence-corrected chi connectivity index (χ3v) is 15.6. The molecule has 1 aliphatic heterocycles. The first-order valence-electron chi connectivity index (χ1n) is 25.3. The molecule has 14 rings (SSSR count). The fourth-order valence-electron chi connectivity index (χ4n) is 11.9. The number of fused-ring (bicyclic) bond motifs is 9. The highest BCUT2D eigenvalue weighted by molar-refractivity contribution is 6.14. The number of aromatic nitrogens is 1. The lowest BCUT2D eigenvalue weighted by atomic mass is 9.81.